The predicted molar refractivity (Wildman–Crippen MR) is 26.6 cm³/mol. The zero-order valence-electron chi connectivity index (χ0n) is 4.36. The molecule has 1 N–H and O–H groups in total. The molecule has 0 amide bonds. The summed E-state index contributed by atoms with van der Waals surface area (Å²) in [7, 11) is 0. The Morgan fingerprint density at radius 2 is 2.00 bits per heavy atom. The quantitative estimate of drug-likeness (QED) is 0.454. The first-order valence-electron chi connectivity index (χ1n) is 2.54. The van der Waals surface area contributed by atoms with Crippen LogP contribution in [-0.4, -0.2) is 12.6 Å². The average molecular weight is 85.1 g/mol. The third kappa shape index (κ3) is 0.432. The molecule has 0 bridgehead atoms. The molecular weight excluding hydrogens is 74.1 g/mol. The maximum absolute atomic E-state index is 3.26. The highest BCUT2D eigenvalue weighted by molar-refractivity contribution is 4.79. The molecule has 6 heavy (non-hydrogen) atoms. The summed E-state index contributed by atoms with van der Waals surface area (Å²) in [6.45, 7) is 5.70. The molecule has 1 fully saturated rings. The molecule has 0 aromatic carbocycles. The highest BCUT2D eigenvalue weighted by Gasteiger charge is 2.19. The van der Waals surface area contributed by atoms with Crippen LogP contribution < -0.4 is 5.32 Å². The first-order valence-corrected chi connectivity index (χ1v) is 2.54. The van der Waals surface area contributed by atoms with Gasteiger partial charge < -0.3 is 5.32 Å². The molecule has 1 saturated heterocycles. The number of rotatable bonds is 0. The zero-order chi connectivity index (χ0) is 4.57. The van der Waals surface area contributed by atoms with E-state index in [1.807, 2.05) is 0 Å². The zero-order valence-corrected chi connectivity index (χ0v) is 4.36. The minimum absolute atomic E-state index is 0.782. The Hall–Kier alpha value is -0.0400. The van der Waals surface area contributed by atoms with Crippen LogP contribution in [0.15, 0.2) is 0 Å². The molecule has 1 heterocycles. The van der Waals surface area contributed by atoms with Crippen LogP contribution in [0.25, 0.3) is 0 Å². The van der Waals surface area contributed by atoms with Crippen molar-refractivity contribution in [2.24, 2.45) is 5.92 Å². The lowest BCUT2D eigenvalue weighted by molar-refractivity contribution is 0.274. The number of nitrogens with one attached hydrogen (secondary N) is 1. The van der Waals surface area contributed by atoms with Crippen molar-refractivity contribution in [2.45, 2.75) is 19.9 Å². The van der Waals surface area contributed by atoms with Gasteiger partial charge in [-0.15, -0.1) is 0 Å². The maximum Gasteiger partial charge on any atom is 0.00765 e. The Bertz CT molecular complexity index is 43.9. The van der Waals surface area contributed by atoms with E-state index in [2.05, 4.69) is 19.2 Å². The van der Waals surface area contributed by atoms with Gasteiger partial charge in [0.25, 0.3) is 0 Å². The van der Waals surface area contributed by atoms with Gasteiger partial charge in [0.15, 0.2) is 0 Å². The lowest BCUT2D eigenvalue weighted by atomic mass is 9.96. The Labute approximate surface area is 38.7 Å². The van der Waals surface area contributed by atoms with Crippen LogP contribution in [-0.2, 0) is 0 Å². The van der Waals surface area contributed by atoms with Gasteiger partial charge in [-0.05, 0) is 19.4 Å². The van der Waals surface area contributed by atoms with Crippen LogP contribution in [0, 0.1) is 5.92 Å². The minimum atomic E-state index is 0.782. The first-order chi connectivity index (χ1) is 2.80. The second-order valence-corrected chi connectivity index (χ2v) is 2.17. The SMILES string of the molecule is CC1NC[C@H]1C. The Kier molecular flexibility index (Phi) is 0.845. The molecule has 1 rings (SSSR count). The fourth-order valence-electron chi connectivity index (χ4n) is 0.589. The van der Waals surface area contributed by atoms with Crippen molar-refractivity contribution in [2.75, 3.05) is 6.54 Å². The van der Waals surface area contributed by atoms with Crippen LogP contribution in [0.5, 0.6) is 0 Å². The summed E-state index contributed by atoms with van der Waals surface area (Å²) < 4.78 is 0. The molecule has 1 aliphatic heterocycles. The van der Waals surface area contributed by atoms with Crippen molar-refractivity contribution in [3.8, 4) is 0 Å². The molecule has 1 nitrogen and oxygen atoms in total. The molecule has 0 aromatic heterocycles. The molecule has 1 unspecified atom stereocenters. The predicted octanol–water partition coefficient (Wildman–Crippen LogP) is 0.614. The summed E-state index contributed by atoms with van der Waals surface area (Å²) in [5.74, 6) is 0.921. The van der Waals surface area contributed by atoms with Crippen molar-refractivity contribution < 1.29 is 0 Å². The van der Waals surface area contributed by atoms with Crippen LogP contribution in [0.1, 0.15) is 13.8 Å². The first kappa shape index (κ1) is 4.13. The maximum atomic E-state index is 3.26. The third-order valence-corrected chi connectivity index (χ3v) is 1.62. The second-order valence-electron chi connectivity index (χ2n) is 2.17. The molecular formula is C5H11N. The average Bonchev–Trinajstić information content (AvgIpc) is 1.61. The Morgan fingerprint density at radius 3 is 2.00 bits per heavy atom. The summed E-state index contributed by atoms with van der Waals surface area (Å²) >= 11 is 0. The van der Waals surface area contributed by atoms with Crippen molar-refractivity contribution in [1.29, 1.82) is 0 Å². The molecule has 2 atom stereocenters. The van der Waals surface area contributed by atoms with Crippen LogP contribution in [0.2, 0.25) is 0 Å². The number of hydrogen-bond donors (Lipinski definition) is 1. The van der Waals surface area contributed by atoms with Gasteiger partial charge in [-0.25, -0.2) is 0 Å². The molecule has 0 spiro atoms. The fraction of sp³-hybridized carbons (Fsp3) is 1.00. The second kappa shape index (κ2) is 1.23. The highest BCUT2D eigenvalue weighted by atomic mass is 15.0. The summed E-state index contributed by atoms with van der Waals surface area (Å²) in [6.07, 6.45) is 0. The smallest absolute Gasteiger partial charge is 0.00765 e. The van der Waals surface area contributed by atoms with Gasteiger partial charge in [-0.3, -0.25) is 0 Å². The van der Waals surface area contributed by atoms with E-state index in [9.17, 15) is 0 Å². The molecule has 0 aliphatic carbocycles. The largest absolute Gasteiger partial charge is 0.314 e. The minimum Gasteiger partial charge on any atom is -0.314 e. The van der Waals surface area contributed by atoms with Gasteiger partial charge >= 0.3 is 0 Å². The van der Waals surface area contributed by atoms with Crippen LogP contribution >= 0.6 is 0 Å². The van der Waals surface area contributed by atoms with E-state index < -0.39 is 0 Å². The lowest BCUT2D eigenvalue weighted by Gasteiger charge is -2.31. The normalized spacial score (nSPS) is 45.0. The van der Waals surface area contributed by atoms with Gasteiger partial charge in [-0.2, -0.15) is 0 Å². The monoisotopic (exact) mass is 85.1 g/mol. The van der Waals surface area contributed by atoms with Gasteiger partial charge in [0.1, 0.15) is 0 Å². The third-order valence-electron chi connectivity index (χ3n) is 1.62. The summed E-state index contributed by atoms with van der Waals surface area (Å²) in [6, 6.07) is 0.782. The number of hydrogen-bond acceptors (Lipinski definition) is 1. The van der Waals surface area contributed by atoms with Gasteiger partial charge in [0, 0.05) is 6.04 Å². The molecule has 36 valence electrons. The fourth-order valence-corrected chi connectivity index (χ4v) is 0.589. The molecule has 0 radical (unpaired) electrons. The van der Waals surface area contributed by atoms with Crippen molar-refractivity contribution in [1.82, 2.24) is 5.32 Å². The van der Waals surface area contributed by atoms with Crippen molar-refractivity contribution in [3.63, 3.8) is 0 Å². The molecule has 0 aromatic rings. The Balaban J connectivity index is 2.20. The summed E-state index contributed by atoms with van der Waals surface area (Å²) in [5, 5.41) is 3.26. The van der Waals surface area contributed by atoms with Gasteiger partial charge in [0.05, 0.1) is 0 Å². The molecule has 1 aliphatic rings. The summed E-state index contributed by atoms with van der Waals surface area (Å²) in [5.41, 5.74) is 0. The van der Waals surface area contributed by atoms with Gasteiger partial charge in [-0.1, -0.05) is 6.92 Å². The molecule has 1 heteroatoms. The van der Waals surface area contributed by atoms with Crippen LogP contribution in [0.4, 0.5) is 0 Å². The standard InChI is InChI=1S/C5H11N/c1-4-3-6-5(4)2/h4-6H,3H2,1-2H3/t4-,5?/m1/s1. The van der Waals surface area contributed by atoms with E-state index in [1.165, 1.54) is 6.54 Å². The van der Waals surface area contributed by atoms with Crippen molar-refractivity contribution in [3.05, 3.63) is 0 Å². The molecule has 0 saturated carbocycles. The highest BCUT2D eigenvalue weighted by Crippen LogP contribution is 2.08. The van der Waals surface area contributed by atoms with E-state index in [0.29, 0.717) is 0 Å². The van der Waals surface area contributed by atoms with Gasteiger partial charge in [0.2, 0.25) is 0 Å². The topological polar surface area (TPSA) is 12.0 Å². The van der Waals surface area contributed by atoms with E-state index in [4.69, 9.17) is 0 Å². The van der Waals surface area contributed by atoms with E-state index >= 15 is 0 Å². The van der Waals surface area contributed by atoms with E-state index in [1.54, 1.807) is 0 Å². The lowest BCUT2D eigenvalue weighted by Crippen LogP contribution is -2.49. The Morgan fingerprint density at radius 1 is 1.50 bits per heavy atom. The van der Waals surface area contributed by atoms with Crippen molar-refractivity contribution >= 4 is 0 Å². The van der Waals surface area contributed by atoms with Crippen LogP contribution in [0.3, 0.4) is 0 Å². The summed E-state index contributed by atoms with van der Waals surface area (Å²) in [4.78, 5) is 0. The van der Waals surface area contributed by atoms with E-state index in [0.717, 1.165) is 12.0 Å². The van der Waals surface area contributed by atoms with E-state index in [-0.39, 0.29) is 0 Å².